The number of amides is 1. The van der Waals surface area contributed by atoms with Crippen molar-refractivity contribution >= 4 is 17.3 Å². The van der Waals surface area contributed by atoms with E-state index < -0.39 is 6.04 Å². The number of carbonyl (C=O) groups excluding carboxylic acids is 1. The highest BCUT2D eigenvalue weighted by Crippen LogP contribution is 2.30. The summed E-state index contributed by atoms with van der Waals surface area (Å²) in [6.45, 7) is 4.58. The molecule has 0 unspecified atom stereocenters. The number of anilines is 2. The molecule has 7 heteroatoms. The molecule has 2 heterocycles. The van der Waals surface area contributed by atoms with Crippen molar-refractivity contribution in [3.05, 3.63) is 58.0 Å². The van der Waals surface area contributed by atoms with Crippen LogP contribution < -0.4 is 21.5 Å². The Hall–Kier alpha value is -3.11. The SMILES string of the molecule is C[C@H](CN[C@H](C)[C@@H]1Nc2c(C#N)cccc2NC1=O)c1ccn(C)c(=O)c1. The van der Waals surface area contributed by atoms with Gasteiger partial charge in [0.25, 0.3) is 5.56 Å². The second-order valence-corrected chi connectivity index (χ2v) is 6.96. The van der Waals surface area contributed by atoms with Crippen LogP contribution in [0.3, 0.4) is 0 Å². The summed E-state index contributed by atoms with van der Waals surface area (Å²) in [4.78, 5) is 24.3. The number of nitriles is 1. The molecule has 1 amide bonds. The minimum absolute atomic E-state index is 0.0404. The van der Waals surface area contributed by atoms with Crippen LogP contribution in [0.1, 0.15) is 30.9 Å². The van der Waals surface area contributed by atoms with Gasteiger partial charge in [0.2, 0.25) is 5.91 Å². The van der Waals surface area contributed by atoms with Crippen molar-refractivity contribution < 1.29 is 4.79 Å². The summed E-state index contributed by atoms with van der Waals surface area (Å²) in [6, 6.07) is 10.3. The Morgan fingerprint density at radius 3 is 2.78 bits per heavy atom. The molecule has 2 aromatic rings. The number of carbonyl (C=O) groups is 1. The van der Waals surface area contributed by atoms with Crippen molar-refractivity contribution in [3.8, 4) is 6.07 Å². The van der Waals surface area contributed by atoms with E-state index in [0.29, 0.717) is 23.5 Å². The topological polar surface area (TPSA) is 98.9 Å². The fourth-order valence-electron chi connectivity index (χ4n) is 3.16. The first kappa shape index (κ1) is 18.7. The predicted octanol–water partition coefficient (Wildman–Crippen LogP) is 1.77. The number of hydrogen-bond donors (Lipinski definition) is 3. The van der Waals surface area contributed by atoms with E-state index in [0.717, 1.165) is 5.56 Å². The van der Waals surface area contributed by atoms with E-state index in [9.17, 15) is 14.9 Å². The van der Waals surface area contributed by atoms with Gasteiger partial charge in [-0.05, 0) is 36.6 Å². The van der Waals surface area contributed by atoms with Crippen LogP contribution in [0.15, 0.2) is 41.3 Å². The standard InChI is InChI=1S/C20H23N5O2/c1-12(14-7-8-25(3)17(26)9-14)11-22-13(2)18-20(27)23-16-6-4-5-15(10-21)19(16)24-18/h4-9,12-13,18,22,24H,11H2,1-3H3,(H,23,27)/t12-,13-,18+/m1/s1. The van der Waals surface area contributed by atoms with E-state index in [2.05, 4.69) is 22.0 Å². The average Bonchev–Trinajstić information content (AvgIpc) is 2.66. The number of nitrogens with zero attached hydrogens (tertiary/aromatic N) is 2. The zero-order chi connectivity index (χ0) is 19.6. The second-order valence-electron chi connectivity index (χ2n) is 6.96. The quantitative estimate of drug-likeness (QED) is 0.750. The lowest BCUT2D eigenvalue weighted by molar-refractivity contribution is -0.117. The van der Waals surface area contributed by atoms with Crippen molar-refractivity contribution in [3.63, 3.8) is 0 Å². The molecule has 0 bridgehead atoms. The Morgan fingerprint density at radius 2 is 2.07 bits per heavy atom. The van der Waals surface area contributed by atoms with Crippen molar-refractivity contribution in [1.29, 1.82) is 5.26 Å². The molecule has 0 spiro atoms. The number of para-hydroxylation sites is 1. The zero-order valence-corrected chi connectivity index (χ0v) is 15.6. The van der Waals surface area contributed by atoms with Crippen LogP contribution >= 0.6 is 0 Å². The summed E-state index contributed by atoms with van der Waals surface area (Å²) < 4.78 is 1.53. The van der Waals surface area contributed by atoms with Crippen molar-refractivity contribution in [1.82, 2.24) is 9.88 Å². The van der Waals surface area contributed by atoms with E-state index in [1.807, 2.05) is 19.9 Å². The summed E-state index contributed by atoms with van der Waals surface area (Å²) >= 11 is 0. The Labute approximate surface area is 158 Å². The van der Waals surface area contributed by atoms with Crippen LogP contribution in [-0.2, 0) is 11.8 Å². The highest BCUT2D eigenvalue weighted by molar-refractivity contribution is 6.04. The number of aryl methyl sites for hydroxylation is 1. The van der Waals surface area contributed by atoms with Crippen LogP contribution in [0, 0.1) is 11.3 Å². The van der Waals surface area contributed by atoms with Gasteiger partial charge < -0.3 is 20.5 Å². The molecule has 3 atom stereocenters. The van der Waals surface area contributed by atoms with Gasteiger partial charge in [0.1, 0.15) is 12.1 Å². The number of nitrogens with one attached hydrogen (secondary N) is 3. The molecule has 1 aliphatic rings. The maximum absolute atomic E-state index is 12.5. The first-order chi connectivity index (χ1) is 12.9. The van der Waals surface area contributed by atoms with Gasteiger partial charge in [-0.3, -0.25) is 9.59 Å². The monoisotopic (exact) mass is 365 g/mol. The number of aromatic nitrogens is 1. The molecule has 0 saturated heterocycles. The first-order valence-electron chi connectivity index (χ1n) is 8.91. The fraction of sp³-hybridized carbons (Fsp3) is 0.350. The van der Waals surface area contributed by atoms with Gasteiger partial charge in [-0.25, -0.2) is 0 Å². The molecule has 1 aromatic heterocycles. The summed E-state index contributed by atoms with van der Waals surface area (Å²) in [5.41, 5.74) is 2.68. The van der Waals surface area contributed by atoms with Crippen LogP contribution in [-0.4, -0.2) is 29.1 Å². The van der Waals surface area contributed by atoms with E-state index in [4.69, 9.17) is 0 Å². The number of pyridine rings is 1. The summed E-state index contributed by atoms with van der Waals surface area (Å²) in [7, 11) is 1.72. The van der Waals surface area contributed by atoms with Crippen LogP contribution in [0.4, 0.5) is 11.4 Å². The van der Waals surface area contributed by atoms with E-state index >= 15 is 0 Å². The second kappa shape index (κ2) is 7.64. The summed E-state index contributed by atoms with van der Waals surface area (Å²) in [5, 5.41) is 18.7. The van der Waals surface area contributed by atoms with Gasteiger partial charge in [-0.2, -0.15) is 5.26 Å². The van der Waals surface area contributed by atoms with Gasteiger partial charge in [0.05, 0.1) is 16.9 Å². The van der Waals surface area contributed by atoms with Gasteiger partial charge in [-0.15, -0.1) is 0 Å². The van der Waals surface area contributed by atoms with Gasteiger partial charge >= 0.3 is 0 Å². The molecule has 140 valence electrons. The lowest BCUT2D eigenvalue weighted by Gasteiger charge is -2.32. The van der Waals surface area contributed by atoms with Gasteiger partial charge in [0, 0.05) is 31.9 Å². The molecular formula is C20H23N5O2. The molecule has 3 N–H and O–H groups in total. The van der Waals surface area contributed by atoms with Crippen LogP contribution in [0.5, 0.6) is 0 Å². The molecule has 0 aliphatic carbocycles. The summed E-state index contributed by atoms with van der Waals surface area (Å²) in [6.07, 6.45) is 1.76. The highest BCUT2D eigenvalue weighted by Gasteiger charge is 2.31. The minimum atomic E-state index is -0.497. The average molecular weight is 365 g/mol. The van der Waals surface area contributed by atoms with Crippen molar-refractivity contribution in [2.75, 3.05) is 17.2 Å². The Kier molecular flexibility index (Phi) is 5.28. The first-order valence-corrected chi connectivity index (χ1v) is 8.91. The molecule has 0 fully saturated rings. The summed E-state index contributed by atoms with van der Waals surface area (Å²) in [5.74, 6) is -0.0196. The Bertz CT molecular complexity index is 960. The zero-order valence-electron chi connectivity index (χ0n) is 15.6. The Balaban J connectivity index is 1.68. The number of benzene rings is 1. The molecule has 7 nitrogen and oxygen atoms in total. The molecule has 1 aliphatic heterocycles. The third-order valence-electron chi connectivity index (χ3n) is 4.97. The maximum atomic E-state index is 12.5. The van der Waals surface area contributed by atoms with Gasteiger partial charge in [0.15, 0.2) is 0 Å². The van der Waals surface area contributed by atoms with Crippen LogP contribution in [0.2, 0.25) is 0 Å². The molecule has 0 saturated carbocycles. The lowest BCUT2D eigenvalue weighted by atomic mass is 10.00. The number of hydrogen-bond acceptors (Lipinski definition) is 5. The predicted molar refractivity (Wildman–Crippen MR) is 105 cm³/mol. The fourth-order valence-corrected chi connectivity index (χ4v) is 3.16. The normalized spacial score (nSPS) is 17.9. The number of rotatable bonds is 5. The van der Waals surface area contributed by atoms with Crippen molar-refractivity contribution in [2.24, 2.45) is 7.05 Å². The lowest BCUT2D eigenvalue weighted by Crippen LogP contribution is -2.52. The van der Waals surface area contributed by atoms with Crippen molar-refractivity contribution in [2.45, 2.75) is 31.8 Å². The largest absolute Gasteiger partial charge is 0.370 e. The molecular weight excluding hydrogens is 342 g/mol. The smallest absolute Gasteiger partial charge is 0.250 e. The minimum Gasteiger partial charge on any atom is -0.370 e. The maximum Gasteiger partial charge on any atom is 0.250 e. The number of fused-ring (bicyclic) bond motifs is 1. The third-order valence-corrected chi connectivity index (χ3v) is 4.97. The van der Waals surface area contributed by atoms with Crippen LogP contribution in [0.25, 0.3) is 0 Å². The Morgan fingerprint density at radius 1 is 1.30 bits per heavy atom. The third kappa shape index (κ3) is 3.86. The van der Waals surface area contributed by atoms with Gasteiger partial charge in [-0.1, -0.05) is 13.0 Å². The molecule has 27 heavy (non-hydrogen) atoms. The molecule has 1 aromatic carbocycles. The molecule has 0 radical (unpaired) electrons. The van der Waals surface area contributed by atoms with E-state index in [1.54, 1.807) is 37.5 Å². The highest BCUT2D eigenvalue weighted by atomic mass is 16.2. The van der Waals surface area contributed by atoms with E-state index in [1.165, 1.54) is 4.57 Å². The molecule has 3 rings (SSSR count). The van der Waals surface area contributed by atoms with E-state index in [-0.39, 0.29) is 23.4 Å².